The second kappa shape index (κ2) is 9.88. The van der Waals surface area contributed by atoms with E-state index in [2.05, 4.69) is 12.1 Å². The molecular weight excluding hydrogens is 404 g/mol. The molecule has 6 nitrogen and oxygen atoms in total. The number of hydrogen-bond acceptors (Lipinski definition) is 4. The maximum Gasteiger partial charge on any atom is 0.245 e. The molecule has 3 atom stereocenters. The lowest BCUT2D eigenvalue weighted by molar-refractivity contribution is -0.151. The number of benzene rings is 1. The van der Waals surface area contributed by atoms with E-state index in [-0.39, 0.29) is 29.6 Å². The van der Waals surface area contributed by atoms with E-state index in [9.17, 15) is 14.4 Å². The predicted octanol–water partition coefficient (Wildman–Crippen LogP) is 3.60. The van der Waals surface area contributed by atoms with Crippen molar-refractivity contribution >= 4 is 17.7 Å². The molecule has 1 aromatic rings. The summed E-state index contributed by atoms with van der Waals surface area (Å²) in [5.74, 6) is 0.494. The molecule has 4 rings (SSSR count). The molecule has 0 N–H and O–H groups in total. The highest BCUT2D eigenvalue weighted by Gasteiger charge is 2.50. The molecule has 1 aliphatic carbocycles. The van der Waals surface area contributed by atoms with Gasteiger partial charge in [0.25, 0.3) is 0 Å². The van der Waals surface area contributed by atoms with Crippen LogP contribution >= 0.6 is 0 Å². The Kier molecular flexibility index (Phi) is 6.97. The van der Waals surface area contributed by atoms with Crippen LogP contribution in [-0.4, -0.2) is 53.3 Å². The summed E-state index contributed by atoms with van der Waals surface area (Å²) in [6, 6.07) is 7.59. The highest BCUT2D eigenvalue weighted by Crippen LogP contribution is 2.36. The van der Waals surface area contributed by atoms with Crippen molar-refractivity contribution in [1.82, 2.24) is 9.80 Å². The minimum atomic E-state index is -0.707. The zero-order valence-electron chi connectivity index (χ0n) is 19.2. The first-order valence-corrected chi connectivity index (χ1v) is 12.0. The number of fused-ring (bicyclic) bond motifs is 1. The maximum atomic E-state index is 13.1. The molecule has 172 valence electrons. The molecule has 3 amide bonds. The molecular formula is C26H34N2O4. The van der Waals surface area contributed by atoms with Crippen LogP contribution < -0.4 is 4.74 Å². The first kappa shape index (κ1) is 22.6. The van der Waals surface area contributed by atoms with Crippen LogP contribution in [0, 0.1) is 17.8 Å². The lowest BCUT2D eigenvalue weighted by atomic mass is 9.85. The summed E-state index contributed by atoms with van der Waals surface area (Å²) in [5, 5.41) is 0. The number of allylic oxidation sites excluding steroid dienone is 2. The third-order valence-electron chi connectivity index (χ3n) is 7.29. The number of carbonyl (C=O) groups excluding carboxylic acids is 3. The molecule has 0 bridgehead atoms. The van der Waals surface area contributed by atoms with Gasteiger partial charge in [0.1, 0.15) is 11.8 Å². The van der Waals surface area contributed by atoms with Crippen molar-refractivity contribution < 1.29 is 19.1 Å². The molecule has 0 aromatic heterocycles. The fourth-order valence-corrected chi connectivity index (χ4v) is 5.31. The number of likely N-dealkylation sites (tertiary alicyclic amines) is 2. The molecule has 2 heterocycles. The highest BCUT2D eigenvalue weighted by molar-refractivity contribution is 6.08. The van der Waals surface area contributed by atoms with Crippen LogP contribution in [0.4, 0.5) is 0 Å². The van der Waals surface area contributed by atoms with Gasteiger partial charge in [-0.15, -0.1) is 0 Å². The van der Waals surface area contributed by atoms with E-state index in [4.69, 9.17) is 4.74 Å². The number of hydrogen-bond donors (Lipinski definition) is 0. The zero-order chi connectivity index (χ0) is 22.7. The van der Waals surface area contributed by atoms with Crippen LogP contribution in [0.15, 0.2) is 36.4 Å². The molecule has 32 heavy (non-hydrogen) atoms. The van der Waals surface area contributed by atoms with Crippen LogP contribution in [-0.2, 0) is 20.8 Å². The zero-order valence-corrected chi connectivity index (χ0v) is 19.2. The van der Waals surface area contributed by atoms with E-state index in [1.54, 1.807) is 6.92 Å². The van der Waals surface area contributed by atoms with Crippen molar-refractivity contribution in [3.63, 3.8) is 0 Å². The summed E-state index contributed by atoms with van der Waals surface area (Å²) < 4.78 is 5.50. The predicted molar refractivity (Wildman–Crippen MR) is 122 cm³/mol. The Hall–Kier alpha value is -2.63. The van der Waals surface area contributed by atoms with Gasteiger partial charge in [-0.25, -0.2) is 0 Å². The summed E-state index contributed by atoms with van der Waals surface area (Å²) in [5.41, 5.74) is 1.31. The van der Waals surface area contributed by atoms with Crippen LogP contribution in [0.1, 0.15) is 51.5 Å². The van der Waals surface area contributed by atoms with Crippen LogP contribution in [0.25, 0.3) is 0 Å². The molecule has 2 aliphatic heterocycles. The van der Waals surface area contributed by atoms with E-state index in [0.29, 0.717) is 38.5 Å². The van der Waals surface area contributed by atoms with Gasteiger partial charge in [-0.2, -0.15) is 0 Å². The van der Waals surface area contributed by atoms with Gasteiger partial charge in [-0.05, 0) is 76.0 Å². The van der Waals surface area contributed by atoms with Gasteiger partial charge in [-0.3, -0.25) is 19.3 Å². The lowest BCUT2D eigenvalue weighted by Gasteiger charge is -2.35. The monoisotopic (exact) mass is 438 g/mol. The number of carbonyl (C=O) groups is 3. The van der Waals surface area contributed by atoms with Crippen molar-refractivity contribution in [2.45, 2.75) is 58.4 Å². The number of imide groups is 1. The van der Waals surface area contributed by atoms with E-state index in [1.807, 2.05) is 36.1 Å². The Morgan fingerprint density at radius 2 is 1.62 bits per heavy atom. The Bertz CT molecular complexity index is 844. The highest BCUT2D eigenvalue weighted by atomic mass is 16.5. The van der Waals surface area contributed by atoms with E-state index in [0.717, 1.165) is 31.4 Å². The number of amides is 3. The number of nitrogens with zero attached hydrogens (tertiary/aromatic N) is 2. The van der Waals surface area contributed by atoms with Gasteiger partial charge in [0.2, 0.25) is 17.7 Å². The van der Waals surface area contributed by atoms with Gasteiger partial charge < -0.3 is 9.64 Å². The largest absolute Gasteiger partial charge is 0.494 e. The van der Waals surface area contributed by atoms with Gasteiger partial charge in [-0.1, -0.05) is 24.3 Å². The third kappa shape index (κ3) is 4.59. The summed E-state index contributed by atoms with van der Waals surface area (Å²) in [6.45, 7) is 5.76. The molecule has 3 aliphatic rings. The fourth-order valence-electron chi connectivity index (χ4n) is 5.31. The normalized spacial score (nSPS) is 24.6. The quantitative estimate of drug-likeness (QED) is 0.482. The molecule has 0 spiro atoms. The molecule has 2 unspecified atom stereocenters. The number of aryl methyl sites for hydroxylation is 1. The van der Waals surface area contributed by atoms with Crippen molar-refractivity contribution in [3.8, 4) is 5.75 Å². The summed E-state index contributed by atoms with van der Waals surface area (Å²) in [6.07, 6.45) is 9.21. The molecule has 0 radical (unpaired) electrons. The SMILES string of the molecule is CCOc1ccc(CCC2CCN(C(=O)[C@H](C)N3C(=O)C4CC=CCC4C3=O)CC2)cc1. The van der Waals surface area contributed by atoms with E-state index in [1.165, 1.54) is 10.5 Å². The first-order chi connectivity index (χ1) is 15.5. The molecule has 6 heteroatoms. The Morgan fingerprint density at radius 3 is 2.19 bits per heavy atom. The summed E-state index contributed by atoms with van der Waals surface area (Å²) in [7, 11) is 0. The molecule has 1 aromatic carbocycles. The lowest BCUT2D eigenvalue weighted by Crippen LogP contribution is -2.51. The fraction of sp³-hybridized carbons (Fsp3) is 0.577. The van der Waals surface area contributed by atoms with Gasteiger partial charge in [0.15, 0.2) is 0 Å². The average Bonchev–Trinajstić information content (AvgIpc) is 3.08. The van der Waals surface area contributed by atoms with Crippen LogP contribution in [0.2, 0.25) is 0 Å². The number of piperidine rings is 1. The van der Waals surface area contributed by atoms with E-state index >= 15 is 0 Å². The first-order valence-electron chi connectivity index (χ1n) is 12.0. The van der Waals surface area contributed by atoms with Crippen LogP contribution in [0.5, 0.6) is 5.75 Å². The van der Waals surface area contributed by atoms with Gasteiger partial charge in [0, 0.05) is 13.1 Å². The Labute approximate surface area is 190 Å². The maximum absolute atomic E-state index is 13.1. The Balaban J connectivity index is 1.26. The summed E-state index contributed by atoms with van der Waals surface area (Å²) in [4.78, 5) is 41.8. The topological polar surface area (TPSA) is 66.9 Å². The van der Waals surface area contributed by atoms with E-state index < -0.39 is 6.04 Å². The van der Waals surface area contributed by atoms with Crippen molar-refractivity contribution in [2.24, 2.45) is 17.8 Å². The summed E-state index contributed by atoms with van der Waals surface area (Å²) >= 11 is 0. The molecule has 0 saturated carbocycles. The van der Waals surface area contributed by atoms with Crippen molar-refractivity contribution in [2.75, 3.05) is 19.7 Å². The van der Waals surface area contributed by atoms with Gasteiger partial charge >= 0.3 is 0 Å². The average molecular weight is 439 g/mol. The Morgan fingerprint density at radius 1 is 1.03 bits per heavy atom. The molecule has 2 saturated heterocycles. The van der Waals surface area contributed by atoms with Crippen molar-refractivity contribution in [3.05, 3.63) is 42.0 Å². The minimum absolute atomic E-state index is 0.0942. The van der Waals surface area contributed by atoms with Gasteiger partial charge in [0.05, 0.1) is 18.4 Å². The van der Waals surface area contributed by atoms with Crippen molar-refractivity contribution in [1.29, 1.82) is 0 Å². The standard InChI is InChI=1S/C26H34N2O4/c1-3-32-21-12-10-19(11-13-21)8-9-20-14-16-27(17-15-20)24(29)18(2)28-25(30)22-6-4-5-7-23(22)26(28)31/h4-5,10-13,18,20,22-23H,3,6-9,14-17H2,1-2H3/t18-,22?,23?/m0/s1. The van der Waals surface area contributed by atoms with Crippen LogP contribution in [0.3, 0.4) is 0 Å². The minimum Gasteiger partial charge on any atom is -0.494 e. The number of ether oxygens (including phenoxy) is 1. The third-order valence-corrected chi connectivity index (χ3v) is 7.29. The second-order valence-corrected chi connectivity index (χ2v) is 9.26. The number of rotatable bonds is 7. The molecule has 2 fully saturated rings. The smallest absolute Gasteiger partial charge is 0.245 e. The second-order valence-electron chi connectivity index (χ2n) is 9.26.